The molecule has 2 aromatic heterocycles. The Labute approximate surface area is 370 Å². The number of fused-ring (bicyclic) bond motifs is 5. The van der Waals surface area contributed by atoms with Gasteiger partial charge in [-0.05, 0) is 78.5 Å². The first-order valence-electron chi connectivity index (χ1n) is 21.5. The number of hydrogen-bond donors (Lipinski definition) is 0. The van der Waals surface area contributed by atoms with Gasteiger partial charge < -0.3 is 0 Å². The van der Waals surface area contributed by atoms with E-state index in [-0.39, 0.29) is 0 Å². The van der Waals surface area contributed by atoms with E-state index in [1.165, 1.54) is 16.2 Å². The van der Waals surface area contributed by atoms with Gasteiger partial charge in [0.15, 0.2) is 23.3 Å². The van der Waals surface area contributed by atoms with Gasteiger partial charge in [0.25, 0.3) is 0 Å². The molecule has 0 radical (unpaired) electrons. The Morgan fingerprint density at radius 3 is 1.09 bits per heavy atom. The van der Waals surface area contributed by atoms with Crippen LogP contribution in [0, 0.1) is 0 Å². The second kappa shape index (κ2) is 15.7. The molecule has 0 spiro atoms. The Kier molecular flexibility index (Phi) is 9.08. The molecule has 0 amide bonds. The fourth-order valence-electron chi connectivity index (χ4n) is 9.12. The molecule has 0 aliphatic rings. The Balaban J connectivity index is 1.03. The van der Waals surface area contributed by atoms with E-state index >= 15 is 0 Å². The maximum atomic E-state index is 5.43. The van der Waals surface area contributed by atoms with Gasteiger partial charge in [-0.2, -0.15) is 0 Å². The normalized spacial score (nSPS) is 11.4. The smallest absolute Gasteiger partial charge is 0.164 e. The SMILES string of the molecule is c1ccc(-c2cc(-c3cc4ccccc4c4ccccc34)nc(-c3ccc(-c4ccc(-c5nc(-c6ccccc6)nc(-c6ccccc6)n5)c5ccccc45)c4ccccc34)n2)cc1. The van der Waals surface area contributed by atoms with Crippen LogP contribution in [0.4, 0.5) is 0 Å². The summed E-state index contributed by atoms with van der Waals surface area (Å²) in [6, 6.07) is 78.2. The van der Waals surface area contributed by atoms with Crippen molar-refractivity contribution in [2.45, 2.75) is 0 Å². The fraction of sp³-hybridized carbons (Fsp3) is 0. The number of hydrogen-bond acceptors (Lipinski definition) is 5. The molecule has 0 bridgehead atoms. The molecule has 0 N–H and O–H groups in total. The molecule has 5 nitrogen and oxygen atoms in total. The maximum Gasteiger partial charge on any atom is 0.164 e. The third-order valence-corrected chi connectivity index (χ3v) is 12.2. The third kappa shape index (κ3) is 6.55. The third-order valence-electron chi connectivity index (χ3n) is 12.2. The van der Waals surface area contributed by atoms with E-state index in [1.54, 1.807) is 0 Å². The van der Waals surface area contributed by atoms with Crippen LogP contribution in [0.3, 0.4) is 0 Å². The molecule has 0 atom stereocenters. The van der Waals surface area contributed by atoms with E-state index in [4.69, 9.17) is 24.9 Å². The predicted molar refractivity (Wildman–Crippen MR) is 263 cm³/mol. The van der Waals surface area contributed by atoms with Gasteiger partial charge in [0.05, 0.1) is 11.4 Å². The topological polar surface area (TPSA) is 64.5 Å². The van der Waals surface area contributed by atoms with Crippen LogP contribution in [-0.2, 0) is 0 Å². The van der Waals surface area contributed by atoms with Gasteiger partial charge >= 0.3 is 0 Å². The highest BCUT2D eigenvalue weighted by atomic mass is 15.0. The first kappa shape index (κ1) is 37.1. The summed E-state index contributed by atoms with van der Waals surface area (Å²) in [5.74, 6) is 2.57. The van der Waals surface area contributed by atoms with Crippen LogP contribution in [0.2, 0.25) is 0 Å². The lowest BCUT2D eigenvalue weighted by Crippen LogP contribution is -2.00. The van der Waals surface area contributed by atoms with Gasteiger partial charge in [0.1, 0.15) is 0 Å². The summed E-state index contributed by atoms with van der Waals surface area (Å²) in [5.41, 5.74) is 9.88. The molecular weight excluding hydrogens is 779 g/mol. The van der Waals surface area contributed by atoms with E-state index in [0.29, 0.717) is 23.3 Å². The minimum Gasteiger partial charge on any atom is -0.228 e. The second-order valence-corrected chi connectivity index (χ2v) is 16.0. The summed E-state index contributed by atoms with van der Waals surface area (Å²) >= 11 is 0. The van der Waals surface area contributed by atoms with Crippen molar-refractivity contribution in [3.63, 3.8) is 0 Å². The lowest BCUT2D eigenvalue weighted by Gasteiger charge is -2.16. The monoisotopic (exact) mass is 815 g/mol. The van der Waals surface area contributed by atoms with Gasteiger partial charge in [-0.3, -0.25) is 0 Å². The molecule has 0 saturated heterocycles. The minimum atomic E-state index is 0.626. The highest BCUT2D eigenvalue weighted by molar-refractivity contribution is 6.14. The molecule has 0 aliphatic heterocycles. The van der Waals surface area contributed by atoms with E-state index in [1.807, 2.05) is 66.7 Å². The summed E-state index contributed by atoms with van der Waals surface area (Å²) in [6.07, 6.45) is 0. The summed E-state index contributed by atoms with van der Waals surface area (Å²) in [6.45, 7) is 0. The Morgan fingerprint density at radius 1 is 0.203 bits per heavy atom. The van der Waals surface area contributed by atoms with Crippen molar-refractivity contribution in [1.82, 2.24) is 24.9 Å². The number of nitrogens with zero attached hydrogens (tertiary/aromatic N) is 5. The molecule has 64 heavy (non-hydrogen) atoms. The van der Waals surface area contributed by atoms with Crippen molar-refractivity contribution < 1.29 is 0 Å². The Bertz CT molecular complexity index is 3660. The highest BCUT2D eigenvalue weighted by Gasteiger charge is 2.20. The van der Waals surface area contributed by atoms with Crippen molar-refractivity contribution in [1.29, 1.82) is 0 Å². The van der Waals surface area contributed by atoms with Gasteiger partial charge in [0.2, 0.25) is 0 Å². The van der Waals surface area contributed by atoms with Crippen LogP contribution in [0.15, 0.2) is 224 Å². The molecule has 0 unspecified atom stereocenters. The molecule has 10 aromatic carbocycles. The van der Waals surface area contributed by atoms with Crippen molar-refractivity contribution in [3.8, 4) is 79.2 Å². The van der Waals surface area contributed by atoms with Gasteiger partial charge in [-0.1, -0.05) is 200 Å². The molecular formula is C59H37N5. The van der Waals surface area contributed by atoms with Crippen molar-refractivity contribution >= 4 is 43.1 Å². The van der Waals surface area contributed by atoms with E-state index < -0.39 is 0 Å². The molecule has 0 aliphatic carbocycles. The average Bonchev–Trinajstić information content (AvgIpc) is 3.38. The first-order valence-corrected chi connectivity index (χ1v) is 21.5. The quantitative estimate of drug-likeness (QED) is 0.150. The van der Waals surface area contributed by atoms with Crippen molar-refractivity contribution in [3.05, 3.63) is 224 Å². The van der Waals surface area contributed by atoms with E-state index in [9.17, 15) is 0 Å². The first-order chi connectivity index (χ1) is 31.7. The van der Waals surface area contributed by atoms with Gasteiger partial charge in [-0.25, -0.2) is 24.9 Å². The summed E-state index contributed by atoms with van der Waals surface area (Å²) in [5, 5.41) is 9.11. The lowest BCUT2D eigenvalue weighted by atomic mass is 9.90. The molecule has 0 fully saturated rings. The molecule has 0 saturated carbocycles. The average molecular weight is 816 g/mol. The van der Waals surface area contributed by atoms with Crippen molar-refractivity contribution in [2.24, 2.45) is 0 Å². The molecule has 12 aromatic rings. The Hall–Kier alpha value is -8.67. The highest BCUT2D eigenvalue weighted by Crippen LogP contribution is 2.42. The molecule has 2 heterocycles. The van der Waals surface area contributed by atoms with Crippen LogP contribution < -0.4 is 0 Å². The summed E-state index contributed by atoms with van der Waals surface area (Å²) in [7, 11) is 0. The number of rotatable bonds is 7. The zero-order valence-electron chi connectivity index (χ0n) is 34.6. The zero-order valence-corrected chi connectivity index (χ0v) is 34.6. The molecule has 5 heteroatoms. The van der Waals surface area contributed by atoms with E-state index in [2.05, 4.69) is 158 Å². The summed E-state index contributed by atoms with van der Waals surface area (Å²) < 4.78 is 0. The Morgan fingerprint density at radius 2 is 0.562 bits per heavy atom. The zero-order chi connectivity index (χ0) is 42.4. The number of aromatic nitrogens is 5. The van der Waals surface area contributed by atoms with Crippen LogP contribution in [0.5, 0.6) is 0 Å². The number of benzene rings is 10. The van der Waals surface area contributed by atoms with Crippen LogP contribution in [0.1, 0.15) is 0 Å². The maximum absolute atomic E-state index is 5.43. The van der Waals surface area contributed by atoms with Crippen LogP contribution in [-0.4, -0.2) is 24.9 Å². The van der Waals surface area contributed by atoms with Crippen LogP contribution in [0.25, 0.3) is 122 Å². The van der Waals surface area contributed by atoms with E-state index in [0.717, 1.165) is 82.8 Å². The van der Waals surface area contributed by atoms with Crippen LogP contribution >= 0.6 is 0 Å². The second-order valence-electron chi connectivity index (χ2n) is 16.0. The summed E-state index contributed by atoms with van der Waals surface area (Å²) in [4.78, 5) is 25.9. The molecule has 298 valence electrons. The van der Waals surface area contributed by atoms with Gasteiger partial charge in [-0.15, -0.1) is 0 Å². The standard InChI is InChI=1S/C59H37N5/c1-4-18-38(19-5-1)54-37-55(53-36-41-24-10-11-25-42(41)43-26-12-17-31-48(43)53)61-58(60-54)51-34-32-49(44-27-13-15-29-46(44)51)50-33-35-52(47-30-16-14-28-45(47)50)59-63-56(39-20-6-2-7-21-39)62-57(64-59)40-22-8-3-9-23-40/h1-37H. The largest absolute Gasteiger partial charge is 0.228 e. The van der Waals surface area contributed by atoms with Crippen molar-refractivity contribution in [2.75, 3.05) is 0 Å². The fourth-order valence-corrected chi connectivity index (χ4v) is 9.12. The minimum absolute atomic E-state index is 0.626. The lowest BCUT2D eigenvalue weighted by molar-refractivity contribution is 1.08. The predicted octanol–water partition coefficient (Wildman–Crippen LogP) is 14.9. The van der Waals surface area contributed by atoms with Gasteiger partial charge in [0, 0.05) is 33.4 Å². The molecule has 12 rings (SSSR count).